The molecule has 0 radical (unpaired) electrons. The Hall–Kier alpha value is -3.13. The van der Waals surface area contributed by atoms with E-state index in [2.05, 4.69) is 10.3 Å². The minimum Gasteiger partial charge on any atom is -0.462 e. The minimum absolute atomic E-state index is 0.264. The van der Waals surface area contributed by atoms with Crippen molar-refractivity contribution in [1.29, 1.82) is 0 Å². The fraction of sp³-hybridized carbons (Fsp3) is 0.263. The maximum atomic E-state index is 12.7. The molecule has 2 aromatic rings. The zero-order valence-corrected chi connectivity index (χ0v) is 16.0. The molecular weight excluding hydrogens is 384 g/mol. The van der Waals surface area contributed by atoms with E-state index in [0.717, 1.165) is 0 Å². The lowest BCUT2D eigenvalue weighted by atomic mass is 10.2. The van der Waals surface area contributed by atoms with Crippen molar-refractivity contribution < 1.29 is 19.1 Å². The molecule has 0 saturated carbocycles. The number of anilines is 1. The highest BCUT2D eigenvalue weighted by Crippen LogP contribution is 2.18. The summed E-state index contributed by atoms with van der Waals surface area (Å²) in [6.07, 6.45) is 2.03. The van der Waals surface area contributed by atoms with Gasteiger partial charge in [-0.15, -0.1) is 0 Å². The van der Waals surface area contributed by atoms with Gasteiger partial charge in [0.25, 0.3) is 5.91 Å². The smallest absolute Gasteiger partial charge is 0.340 e. The Balaban J connectivity index is 1.71. The summed E-state index contributed by atoms with van der Waals surface area (Å²) in [6.45, 7) is 2.80. The van der Waals surface area contributed by atoms with Gasteiger partial charge in [-0.05, 0) is 43.7 Å². The summed E-state index contributed by atoms with van der Waals surface area (Å²) in [4.78, 5) is 41.1. The van der Waals surface area contributed by atoms with Gasteiger partial charge in [0.15, 0.2) is 0 Å². The molecule has 0 bridgehead atoms. The predicted octanol–water partition coefficient (Wildman–Crippen LogP) is 3.21. The summed E-state index contributed by atoms with van der Waals surface area (Å²) in [5.74, 6) is -0.802. The van der Waals surface area contributed by atoms with Gasteiger partial charge in [0, 0.05) is 25.0 Å². The van der Waals surface area contributed by atoms with E-state index < -0.39 is 12.0 Å². The second-order valence-corrected chi connectivity index (χ2v) is 6.39. The second kappa shape index (κ2) is 8.71. The Bertz CT molecular complexity index is 888. The molecule has 1 aromatic carbocycles. The van der Waals surface area contributed by atoms with Crippen LogP contribution in [0.2, 0.25) is 5.15 Å². The fourth-order valence-corrected chi connectivity index (χ4v) is 2.92. The van der Waals surface area contributed by atoms with Crippen molar-refractivity contribution in [2.45, 2.75) is 13.3 Å². The minimum atomic E-state index is -0.466. The number of aromatic nitrogens is 1. The molecule has 1 aliphatic heterocycles. The number of urea groups is 1. The van der Waals surface area contributed by atoms with E-state index in [1.165, 1.54) is 28.3 Å². The zero-order chi connectivity index (χ0) is 20.1. The van der Waals surface area contributed by atoms with Crippen LogP contribution in [-0.4, -0.2) is 52.6 Å². The highest BCUT2D eigenvalue weighted by Gasteiger charge is 2.31. The number of hydrogen-bond donors (Lipinski definition) is 1. The van der Waals surface area contributed by atoms with Crippen molar-refractivity contribution in [1.82, 2.24) is 15.0 Å². The van der Waals surface area contributed by atoms with E-state index in [1.807, 2.05) is 0 Å². The number of carbonyl (C=O) groups excluding carboxylic acids is 3. The Morgan fingerprint density at radius 3 is 2.64 bits per heavy atom. The number of pyridine rings is 1. The van der Waals surface area contributed by atoms with Crippen LogP contribution in [0.25, 0.3) is 0 Å². The van der Waals surface area contributed by atoms with Crippen molar-refractivity contribution >= 4 is 35.2 Å². The summed E-state index contributed by atoms with van der Waals surface area (Å²) in [6, 6.07) is 9.06. The van der Waals surface area contributed by atoms with Gasteiger partial charge in [-0.2, -0.15) is 0 Å². The molecule has 3 rings (SSSR count). The molecule has 2 heterocycles. The number of carbonyl (C=O) groups is 3. The van der Waals surface area contributed by atoms with Crippen molar-refractivity contribution in [3.63, 3.8) is 0 Å². The van der Waals surface area contributed by atoms with E-state index in [0.29, 0.717) is 36.3 Å². The first-order valence-corrected chi connectivity index (χ1v) is 9.16. The SMILES string of the molecule is CCOC(=O)c1cccc(NC(=O)N2CCCN2C(=O)c2ccc(Cl)nc2)c1. The number of benzene rings is 1. The van der Waals surface area contributed by atoms with Crippen LogP contribution < -0.4 is 5.32 Å². The van der Waals surface area contributed by atoms with Gasteiger partial charge in [0.2, 0.25) is 0 Å². The van der Waals surface area contributed by atoms with Crippen LogP contribution in [0.4, 0.5) is 10.5 Å². The van der Waals surface area contributed by atoms with Crippen LogP contribution in [0.3, 0.4) is 0 Å². The number of halogens is 1. The number of hydrazine groups is 1. The van der Waals surface area contributed by atoms with Crippen molar-refractivity contribution in [2.24, 2.45) is 0 Å². The van der Waals surface area contributed by atoms with E-state index in [1.54, 1.807) is 31.2 Å². The van der Waals surface area contributed by atoms with Gasteiger partial charge in [-0.1, -0.05) is 17.7 Å². The standard InChI is InChI=1S/C19H19ClN4O4/c1-2-28-18(26)13-5-3-6-15(11-13)22-19(27)24-10-4-9-23(24)17(25)14-7-8-16(20)21-12-14/h3,5-8,11-12H,2,4,9-10H2,1H3,(H,22,27). The van der Waals surface area contributed by atoms with Crippen LogP contribution in [0.1, 0.15) is 34.1 Å². The summed E-state index contributed by atoms with van der Waals surface area (Å²) >= 11 is 5.76. The molecule has 0 atom stereocenters. The second-order valence-electron chi connectivity index (χ2n) is 6.01. The van der Waals surface area contributed by atoms with Crippen LogP contribution in [-0.2, 0) is 4.74 Å². The molecule has 0 aliphatic carbocycles. The predicted molar refractivity (Wildman–Crippen MR) is 103 cm³/mol. The number of rotatable bonds is 4. The average molecular weight is 403 g/mol. The Kier molecular flexibility index (Phi) is 6.10. The number of ether oxygens (including phenoxy) is 1. The third-order valence-corrected chi connectivity index (χ3v) is 4.32. The van der Waals surface area contributed by atoms with Crippen LogP contribution in [0.5, 0.6) is 0 Å². The maximum Gasteiger partial charge on any atom is 0.340 e. The Labute approximate surface area is 167 Å². The molecule has 146 valence electrons. The first-order chi connectivity index (χ1) is 13.5. The Morgan fingerprint density at radius 2 is 1.93 bits per heavy atom. The van der Waals surface area contributed by atoms with Crippen LogP contribution in [0, 0.1) is 0 Å². The van der Waals surface area contributed by atoms with Crippen LogP contribution >= 0.6 is 11.6 Å². The van der Waals surface area contributed by atoms with Gasteiger partial charge >= 0.3 is 12.0 Å². The van der Waals surface area contributed by atoms with Gasteiger partial charge < -0.3 is 10.1 Å². The largest absolute Gasteiger partial charge is 0.462 e. The van der Waals surface area contributed by atoms with Gasteiger partial charge in [0.1, 0.15) is 5.15 Å². The Morgan fingerprint density at radius 1 is 1.14 bits per heavy atom. The van der Waals surface area contributed by atoms with Crippen molar-refractivity contribution in [2.75, 3.05) is 25.0 Å². The monoisotopic (exact) mass is 402 g/mol. The molecule has 8 nitrogen and oxygen atoms in total. The average Bonchev–Trinajstić information content (AvgIpc) is 3.18. The zero-order valence-electron chi connectivity index (χ0n) is 15.2. The van der Waals surface area contributed by atoms with Gasteiger partial charge in [-0.25, -0.2) is 24.6 Å². The number of hydrogen-bond acceptors (Lipinski definition) is 5. The highest BCUT2D eigenvalue weighted by atomic mass is 35.5. The summed E-state index contributed by atoms with van der Waals surface area (Å²) in [5.41, 5.74) is 1.11. The van der Waals surface area contributed by atoms with Gasteiger partial charge in [0.05, 0.1) is 17.7 Å². The molecular formula is C19H19ClN4O4. The molecule has 0 spiro atoms. The first kappa shape index (κ1) is 19.6. The van der Waals surface area contributed by atoms with E-state index in [9.17, 15) is 14.4 Å². The molecule has 1 saturated heterocycles. The van der Waals surface area contributed by atoms with E-state index >= 15 is 0 Å². The molecule has 0 unspecified atom stereocenters. The number of nitrogens with one attached hydrogen (secondary N) is 1. The number of nitrogens with zero attached hydrogens (tertiary/aromatic N) is 3. The lowest BCUT2D eigenvalue weighted by Crippen LogP contribution is -2.46. The number of esters is 1. The first-order valence-electron chi connectivity index (χ1n) is 8.78. The molecule has 1 aliphatic rings. The quantitative estimate of drug-likeness (QED) is 0.626. The number of amides is 3. The van der Waals surface area contributed by atoms with Crippen molar-refractivity contribution in [3.05, 3.63) is 58.9 Å². The molecule has 1 fully saturated rings. The molecule has 28 heavy (non-hydrogen) atoms. The third-order valence-electron chi connectivity index (χ3n) is 4.10. The summed E-state index contributed by atoms with van der Waals surface area (Å²) in [7, 11) is 0. The molecule has 3 amide bonds. The highest BCUT2D eigenvalue weighted by molar-refractivity contribution is 6.29. The maximum absolute atomic E-state index is 12.7. The lowest BCUT2D eigenvalue weighted by Gasteiger charge is -2.28. The molecule has 1 N–H and O–H groups in total. The molecule has 9 heteroatoms. The van der Waals surface area contributed by atoms with Crippen molar-refractivity contribution in [3.8, 4) is 0 Å². The normalized spacial score (nSPS) is 13.4. The van der Waals surface area contributed by atoms with Gasteiger partial charge in [-0.3, -0.25) is 4.79 Å². The third kappa shape index (κ3) is 4.40. The lowest BCUT2D eigenvalue weighted by molar-refractivity contribution is 0.0404. The topological polar surface area (TPSA) is 91.8 Å². The van der Waals surface area contributed by atoms with E-state index in [-0.39, 0.29) is 17.7 Å². The molecule has 1 aromatic heterocycles. The summed E-state index contributed by atoms with van der Waals surface area (Å²) in [5, 5.41) is 5.71. The fourth-order valence-electron chi connectivity index (χ4n) is 2.81. The summed E-state index contributed by atoms with van der Waals surface area (Å²) < 4.78 is 4.96. The van der Waals surface area contributed by atoms with E-state index in [4.69, 9.17) is 16.3 Å². The van der Waals surface area contributed by atoms with Crippen LogP contribution in [0.15, 0.2) is 42.6 Å².